The van der Waals surface area contributed by atoms with Gasteiger partial charge in [-0.05, 0) is 73.9 Å². The summed E-state index contributed by atoms with van der Waals surface area (Å²) in [5.41, 5.74) is 19.4. The molecule has 1 aliphatic heterocycles. The van der Waals surface area contributed by atoms with Crippen LogP contribution in [0.3, 0.4) is 0 Å². The molecule has 0 N–H and O–H groups in total. The summed E-state index contributed by atoms with van der Waals surface area (Å²) in [6, 6.07) is 17.7. The van der Waals surface area contributed by atoms with Gasteiger partial charge in [-0.1, -0.05) is 103 Å². The molecule has 0 unspecified atom stereocenters. The van der Waals surface area contributed by atoms with Gasteiger partial charge in [0.25, 0.3) is 0 Å². The second-order valence-corrected chi connectivity index (χ2v) is 10.5. The molecule has 0 fully saturated rings. The number of benzene rings is 2. The molecule has 3 heteroatoms. The van der Waals surface area contributed by atoms with Crippen LogP contribution in [0, 0.1) is 0 Å². The number of hydrogen-bond donors (Lipinski definition) is 0. The van der Waals surface area contributed by atoms with E-state index < -0.39 is 0 Å². The molecule has 0 bridgehead atoms. The predicted octanol–water partition coefficient (Wildman–Crippen LogP) is 10.7. The van der Waals surface area contributed by atoms with E-state index in [0.717, 1.165) is 54.6 Å². The van der Waals surface area contributed by atoms with Gasteiger partial charge in [0.15, 0.2) is 0 Å². The number of nitrogens with zero attached hydrogens (tertiary/aromatic N) is 2. The third-order valence-corrected chi connectivity index (χ3v) is 7.47. The van der Waals surface area contributed by atoms with Gasteiger partial charge >= 0.3 is 0 Å². The van der Waals surface area contributed by atoms with Crippen molar-refractivity contribution in [2.45, 2.75) is 117 Å². The minimum atomic E-state index is 0. The van der Waals surface area contributed by atoms with Crippen LogP contribution in [0.4, 0.5) is 0 Å². The summed E-state index contributed by atoms with van der Waals surface area (Å²) in [5.74, 6) is 0. The van der Waals surface area contributed by atoms with Crippen molar-refractivity contribution >= 4 is 11.4 Å². The van der Waals surface area contributed by atoms with Crippen molar-refractivity contribution in [2.75, 3.05) is 0 Å². The molecule has 0 aromatic heterocycles. The molecular formula is C34H48N2Pd. The normalized spacial score (nSPS) is 13.2. The predicted molar refractivity (Wildman–Crippen MR) is 156 cm³/mol. The molecule has 2 nitrogen and oxygen atoms in total. The van der Waals surface area contributed by atoms with E-state index in [4.69, 9.17) is 0 Å². The fraction of sp³-hybridized carbons (Fsp3) is 0.529. The molecule has 1 heterocycles. The van der Waals surface area contributed by atoms with Crippen molar-refractivity contribution < 1.29 is 25.1 Å². The minimum absolute atomic E-state index is 0. The second kappa shape index (κ2) is 17.6. The Morgan fingerprint density at radius 1 is 0.541 bits per heavy atom. The van der Waals surface area contributed by atoms with E-state index in [1.54, 1.807) is 0 Å². The van der Waals surface area contributed by atoms with Crippen LogP contribution in [0.15, 0.2) is 60.2 Å². The van der Waals surface area contributed by atoms with Crippen LogP contribution in [0.5, 0.6) is 0 Å². The summed E-state index contributed by atoms with van der Waals surface area (Å²) in [4.78, 5) is 0. The first-order chi connectivity index (χ1) is 17.7. The number of rotatable bonds is 17. The smallest absolute Gasteiger partial charge is 0.210 e. The molecule has 2 aromatic rings. The average Bonchev–Trinajstić information content (AvgIpc) is 3.24. The maximum atomic E-state index is 11.3. The fourth-order valence-corrected chi connectivity index (χ4v) is 5.16. The minimum Gasteiger partial charge on any atom is -0.493 e. The van der Waals surface area contributed by atoms with Crippen LogP contribution in [0.1, 0.15) is 126 Å². The van der Waals surface area contributed by atoms with Crippen molar-refractivity contribution in [3.63, 3.8) is 0 Å². The largest absolute Gasteiger partial charge is 0.493 e. The quantitative estimate of drug-likeness (QED) is 0.0994. The molecule has 0 atom stereocenters. The zero-order valence-electron chi connectivity index (χ0n) is 23.5. The molecule has 0 radical (unpaired) electrons. The molecular weight excluding hydrogens is 543 g/mol. The molecule has 0 aliphatic carbocycles. The third kappa shape index (κ3) is 9.77. The van der Waals surface area contributed by atoms with Gasteiger partial charge in [-0.15, -0.1) is 0 Å². The zero-order chi connectivity index (χ0) is 25.6. The van der Waals surface area contributed by atoms with Gasteiger partial charge in [-0.25, -0.2) is 4.70 Å². The van der Waals surface area contributed by atoms with Gasteiger partial charge in [0.2, 0.25) is 11.4 Å². The third-order valence-electron chi connectivity index (χ3n) is 7.47. The van der Waals surface area contributed by atoms with Crippen molar-refractivity contribution in [1.29, 1.82) is 0 Å². The summed E-state index contributed by atoms with van der Waals surface area (Å²) in [7, 11) is 0. The monoisotopic (exact) mass is 590 g/mol. The van der Waals surface area contributed by atoms with E-state index in [2.05, 4.69) is 75.4 Å². The summed E-state index contributed by atoms with van der Waals surface area (Å²) >= 11 is 0. The molecule has 0 spiro atoms. The summed E-state index contributed by atoms with van der Waals surface area (Å²) in [6.45, 7) is 6.76. The van der Waals surface area contributed by atoms with E-state index in [-0.39, 0.29) is 20.4 Å². The Hall–Kier alpha value is -1.82. The molecule has 37 heavy (non-hydrogen) atoms. The topological polar surface area (TPSA) is 25.3 Å². The van der Waals surface area contributed by atoms with Gasteiger partial charge in [0.1, 0.15) is 0 Å². The summed E-state index contributed by atoms with van der Waals surface area (Å²) in [6.07, 6.45) is 20.9. The van der Waals surface area contributed by atoms with E-state index in [9.17, 15) is 5.53 Å². The van der Waals surface area contributed by atoms with Crippen LogP contribution >= 0.6 is 0 Å². The zero-order valence-corrected chi connectivity index (χ0v) is 25.1. The molecule has 0 saturated carbocycles. The molecule has 2 aromatic carbocycles. The van der Waals surface area contributed by atoms with E-state index in [1.807, 2.05) is 0 Å². The number of allylic oxidation sites excluding steroid dienone is 2. The van der Waals surface area contributed by atoms with Crippen molar-refractivity contribution in [3.05, 3.63) is 88.0 Å². The van der Waals surface area contributed by atoms with Crippen molar-refractivity contribution in [3.8, 4) is 0 Å². The number of aryl methyl sites for hydroxylation is 2. The van der Waals surface area contributed by atoms with E-state index in [0.29, 0.717) is 0 Å². The first-order valence-electron chi connectivity index (χ1n) is 14.8. The van der Waals surface area contributed by atoms with Gasteiger partial charge in [0, 0.05) is 43.2 Å². The Morgan fingerprint density at radius 3 is 1.54 bits per heavy atom. The van der Waals surface area contributed by atoms with Gasteiger partial charge < -0.3 is 5.53 Å². The first kappa shape index (κ1) is 31.4. The maximum absolute atomic E-state index is 11.3. The Bertz CT molecular complexity index is 999. The Kier molecular flexibility index (Phi) is 15.0. The SMILES string of the molecule is CCCCCCCCc1ccc(C2=C(CCCC)C=C(c3ccc(CCCCCC)cc3)[N+]2=[N-])cc1.[Pd]. The molecule has 0 saturated heterocycles. The molecule has 0 amide bonds. The standard InChI is InChI=1S/C34H48N2.Pd/c1-4-7-10-12-13-15-17-29-21-25-31(26-22-29)34-32(18-9-6-3)27-33(36(34)35)30-23-19-28(20-24-30)16-14-11-8-5-2;/h19-27H,4-18H2,1-3H3;. The van der Waals surface area contributed by atoms with Gasteiger partial charge in [-0.3, -0.25) is 0 Å². The van der Waals surface area contributed by atoms with Crippen molar-refractivity contribution in [1.82, 2.24) is 0 Å². The Labute approximate surface area is 240 Å². The Morgan fingerprint density at radius 2 is 1.00 bits per heavy atom. The molecule has 1 aliphatic rings. The Balaban J connectivity index is 0.00000481. The second-order valence-electron chi connectivity index (χ2n) is 10.5. The number of unbranched alkanes of at least 4 members (excludes halogenated alkanes) is 9. The van der Waals surface area contributed by atoms with Gasteiger partial charge in [0.05, 0.1) is 0 Å². The van der Waals surface area contributed by atoms with Crippen LogP contribution in [-0.2, 0) is 33.3 Å². The van der Waals surface area contributed by atoms with Crippen molar-refractivity contribution in [2.24, 2.45) is 0 Å². The number of hydrogen-bond acceptors (Lipinski definition) is 0. The maximum Gasteiger partial charge on any atom is 0.210 e. The van der Waals surface area contributed by atoms with Gasteiger partial charge in [-0.2, -0.15) is 0 Å². The van der Waals surface area contributed by atoms with Crippen LogP contribution in [0.2, 0.25) is 0 Å². The van der Waals surface area contributed by atoms with Crippen LogP contribution < -0.4 is 0 Å². The average molecular weight is 591 g/mol. The summed E-state index contributed by atoms with van der Waals surface area (Å²) < 4.78 is 1.43. The van der Waals surface area contributed by atoms with E-state index >= 15 is 0 Å². The first-order valence-corrected chi connectivity index (χ1v) is 14.8. The van der Waals surface area contributed by atoms with Crippen LogP contribution in [0.25, 0.3) is 16.9 Å². The fourth-order valence-electron chi connectivity index (χ4n) is 5.16. The van der Waals surface area contributed by atoms with Crippen LogP contribution in [-0.4, -0.2) is 4.70 Å². The van der Waals surface area contributed by atoms with E-state index in [1.165, 1.54) is 85.6 Å². The molecule has 204 valence electrons. The molecule has 3 rings (SSSR count). The summed E-state index contributed by atoms with van der Waals surface area (Å²) in [5, 5.41) is 0.